The SMILES string of the molecule is CSCCC(=O)NCC(=O)NCC(=O)NCC(=O)NCC(N)=O. The Morgan fingerprint density at radius 1 is 0.739 bits per heavy atom. The van der Waals surface area contributed by atoms with Crippen LogP contribution in [0, 0.1) is 0 Å². The van der Waals surface area contributed by atoms with Crippen LogP contribution in [-0.4, -0.2) is 67.7 Å². The predicted molar refractivity (Wildman–Crippen MR) is 84.2 cm³/mol. The number of thioether (sulfide) groups is 1. The van der Waals surface area contributed by atoms with Gasteiger partial charge in [0.25, 0.3) is 0 Å². The molecule has 0 aromatic heterocycles. The average Bonchev–Trinajstić information content (AvgIpc) is 2.52. The van der Waals surface area contributed by atoms with E-state index in [2.05, 4.69) is 21.3 Å². The molecule has 0 aromatic carbocycles. The molecular weight excluding hydrogens is 326 g/mol. The van der Waals surface area contributed by atoms with Crippen molar-refractivity contribution in [3.8, 4) is 0 Å². The lowest BCUT2D eigenvalue weighted by Gasteiger charge is -2.08. The Hall–Kier alpha value is -2.30. The molecule has 0 atom stereocenters. The fourth-order valence-corrected chi connectivity index (χ4v) is 1.58. The molecule has 0 saturated heterocycles. The van der Waals surface area contributed by atoms with Crippen LogP contribution in [0.15, 0.2) is 0 Å². The Labute approximate surface area is 137 Å². The average molecular weight is 347 g/mol. The second-order valence-corrected chi connectivity index (χ2v) is 5.30. The first-order chi connectivity index (χ1) is 10.8. The van der Waals surface area contributed by atoms with Gasteiger partial charge >= 0.3 is 0 Å². The maximum absolute atomic E-state index is 11.4. The fourth-order valence-electron chi connectivity index (χ4n) is 1.19. The topological polar surface area (TPSA) is 159 Å². The van der Waals surface area contributed by atoms with Crippen LogP contribution in [0.1, 0.15) is 6.42 Å². The molecule has 0 bridgehead atoms. The van der Waals surface area contributed by atoms with Gasteiger partial charge in [-0.25, -0.2) is 0 Å². The van der Waals surface area contributed by atoms with Crippen LogP contribution in [0.5, 0.6) is 0 Å². The van der Waals surface area contributed by atoms with E-state index in [1.807, 2.05) is 6.26 Å². The summed E-state index contributed by atoms with van der Waals surface area (Å²) < 4.78 is 0. The molecule has 10 nitrogen and oxygen atoms in total. The zero-order valence-corrected chi connectivity index (χ0v) is 13.6. The first-order valence-corrected chi connectivity index (χ1v) is 8.08. The summed E-state index contributed by atoms with van der Waals surface area (Å²) in [5, 5.41) is 9.14. The summed E-state index contributed by atoms with van der Waals surface area (Å²) in [5.74, 6) is -1.96. The van der Waals surface area contributed by atoms with Crippen molar-refractivity contribution in [2.75, 3.05) is 38.2 Å². The predicted octanol–water partition coefficient (Wildman–Crippen LogP) is -3.31. The summed E-state index contributed by atoms with van der Waals surface area (Å²) >= 11 is 1.52. The van der Waals surface area contributed by atoms with Crippen LogP contribution < -0.4 is 27.0 Å². The van der Waals surface area contributed by atoms with E-state index in [1.165, 1.54) is 11.8 Å². The number of carbonyl (C=O) groups excluding carboxylic acids is 5. The molecule has 0 unspecified atom stereocenters. The Bertz CT molecular complexity index is 457. The molecule has 0 aromatic rings. The molecule has 6 N–H and O–H groups in total. The van der Waals surface area contributed by atoms with E-state index in [1.54, 1.807) is 0 Å². The van der Waals surface area contributed by atoms with Gasteiger partial charge in [-0.3, -0.25) is 24.0 Å². The summed E-state index contributed by atoms with van der Waals surface area (Å²) in [6.45, 7) is -1.21. The quantitative estimate of drug-likeness (QED) is 0.263. The maximum atomic E-state index is 11.4. The van der Waals surface area contributed by atoms with Gasteiger partial charge in [-0.15, -0.1) is 0 Å². The minimum Gasteiger partial charge on any atom is -0.368 e. The molecule has 0 aliphatic heterocycles. The number of amides is 5. The highest BCUT2D eigenvalue weighted by atomic mass is 32.2. The van der Waals surface area contributed by atoms with Gasteiger partial charge in [-0.1, -0.05) is 0 Å². The Balaban J connectivity index is 3.75. The van der Waals surface area contributed by atoms with E-state index in [0.29, 0.717) is 12.2 Å². The van der Waals surface area contributed by atoms with E-state index < -0.39 is 23.6 Å². The second kappa shape index (κ2) is 12.3. The van der Waals surface area contributed by atoms with E-state index >= 15 is 0 Å². The maximum Gasteiger partial charge on any atom is 0.239 e. The van der Waals surface area contributed by atoms with Gasteiger partial charge in [0.2, 0.25) is 29.5 Å². The third-order valence-corrected chi connectivity index (χ3v) is 2.94. The zero-order valence-electron chi connectivity index (χ0n) is 12.8. The number of nitrogens with two attached hydrogens (primary N) is 1. The molecule has 11 heteroatoms. The standard InChI is InChI=1S/C12H21N5O5S/c1-23-3-2-9(19)15-5-11(21)17-7-12(22)16-6-10(20)14-4-8(13)18/h2-7H2,1H3,(H2,13,18)(H,14,20)(H,15,19)(H,16,22)(H,17,21). The monoisotopic (exact) mass is 347 g/mol. The van der Waals surface area contributed by atoms with Crippen LogP contribution >= 0.6 is 11.8 Å². The van der Waals surface area contributed by atoms with Crippen LogP contribution in [0.2, 0.25) is 0 Å². The Morgan fingerprint density at radius 2 is 1.13 bits per heavy atom. The van der Waals surface area contributed by atoms with Crippen molar-refractivity contribution in [2.24, 2.45) is 5.73 Å². The van der Waals surface area contributed by atoms with E-state index in [-0.39, 0.29) is 32.1 Å². The Morgan fingerprint density at radius 3 is 1.52 bits per heavy atom. The molecule has 0 saturated carbocycles. The highest BCUT2D eigenvalue weighted by molar-refractivity contribution is 7.98. The Kier molecular flexibility index (Phi) is 11.0. The van der Waals surface area contributed by atoms with Crippen LogP contribution in [-0.2, 0) is 24.0 Å². The molecule has 0 rings (SSSR count). The van der Waals surface area contributed by atoms with Gasteiger partial charge in [-0.2, -0.15) is 11.8 Å². The number of hydrogen-bond acceptors (Lipinski definition) is 6. The molecule has 0 aliphatic rings. The lowest BCUT2D eigenvalue weighted by atomic mass is 10.4. The highest BCUT2D eigenvalue weighted by Crippen LogP contribution is 1.94. The number of hydrogen-bond donors (Lipinski definition) is 5. The molecule has 0 radical (unpaired) electrons. The van der Waals surface area contributed by atoms with Crippen molar-refractivity contribution < 1.29 is 24.0 Å². The first kappa shape index (κ1) is 20.7. The molecule has 23 heavy (non-hydrogen) atoms. The highest BCUT2D eigenvalue weighted by Gasteiger charge is 2.09. The molecule has 130 valence electrons. The second-order valence-electron chi connectivity index (χ2n) is 4.32. The molecule has 5 amide bonds. The number of nitrogens with one attached hydrogen (secondary N) is 4. The normalized spacial score (nSPS) is 9.61. The summed E-state index contributed by atoms with van der Waals surface area (Å²) in [5.41, 5.74) is 4.83. The lowest BCUT2D eigenvalue weighted by molar-refractivity contribution is -0.128. The van der Waals surface area contributed by atoms with Gasteiger partial charge in [0, 0.05) is 12.2 Å². The summed E-state index contributed by atoms with van der Waals surface area (Å²) in [6.07, 6.45) is 2.18. The fraction of sp³-hybridized carbons (Fsp3) is 0.583. The van der Waals surface area contributed by atoms with Crippen molar-refractivity contribution in [3.05, 3.63) is 0 Å². The minimum atomic E-state index is -0.698. The molecule has 0 heterocycles. The summed E-state index contributed by atoms with van der Waals surface area (Å²) in [7, 11) is 0. The van der Waals surface area contributed by atoms with E-state index in [9.17, 15) is 24.0 Å². The van der Waals surface area contributed by atoms with Crippen LogP contribution in [0.4, 0.5) is 0 Å². The van der Waals surface area contributed by atoms with Crippen molar-refractivity contribution in [1.29, 1.82) is 0 Å². The molecule has 0 aliphatic carbocycles. The number of carbonyl (C=O) groups is 5. The lowest BCUT2D eigenvalue weighted by Crippen LogP contribution is -2.45. The molecular formula is C12H21N5O5S. The number of primary amides is 1. The van der Waals surface area contributed by atoms with Crippen LogP contribution in [0.25, 0.3) is 0 Å². The van der Waals surface area contributed by atoms with Gasteiger partial charge in [-0.05, 0) is 6.26 Å². The van der Waals surface area contributed by atoms with Crippen molar-refractivity contribution in [3.63, 3.8) is 0 Å². The molecule has 0 spiro atoms. The smallest absolute Gasteiger partial charge is 0.239 e. The largest absolute Gasteiger partial charge is 0.368 e. The van der Waals surface area contributed by atoms with Gasteiger partial charge in [0.1, 0.15) is 0 Å². The van der Waals surface area contributed by atoms with Gasteiger partial charge in [0.05, 0.1) is 26.2 Å². The van der Waals surface area contributed by atoms with E-state index in [0.717, 1.165) is 0 Å². The summed E-state index contributed by atoms with van der Waals surface area (Å²) in [6, 6.07) is 0. The van der Waals surface area contributed by atoms with Crippen LogP contribution in [0.3, 0.4) is 0 Å². The summed E-state index contributed by atoms with van der Waals surface area (Å²) in [4.78, 5) is 55.7. The minimum absolute atomic E-state index is 0.223. The van der Waals surface area contributed by atoms with Crippen molar-refractivity contribution in [2.45, 2.75) is 6.42 Å². The van der Waals surface area contributed by atoms with Crippen molar-refractivity contribution >= 4 is 41.3 Å². The van der Waals surface area contributed by atoms with Gasteiger partial charge in [0.15, 0.2) is 0 Å². The van der Waals surface area contributed by atoms with Gasteiger partial charge < -0.3 is 27.0 Å². The van der Waals surface area contributed by atoms with E-state index in [4.69, 9.17) is 5.73 Å². The van der Waals surface area contributed by atoms with Crippen molar-refractivity contribution in [1.82, 2.24) is 21.3 Å². The number of rotatable bonds is 11. The zero-order chi connectivity index (χ0) is 17.7. The third-order valence-electron chi connectivity index (χ3n) is 2.33. The first-order valence-electron chi connectivity index (χ1n) is 6.69. The molecule has 0 fully saturated rings. The third kappa shape index (κ3) is 13.1.